The fraction of sp³-hybridized carbons (Fsp3) is 0.471. The lowest BCUT2D eigenvalue weighted by atomic mass is 10.1. The molecule has 7 nitrogen and oxygen atoms in total. The maximum Gasteiger partial charge on any atom is 0.275 e. The Kier molecular flexibility index (Phi) is 4.64. The fourth-order valence-electron chi connectivity index (χ4n) is 3.31. The van der Waals surface area contributed by atoms with Crippen LogP contribution >= 0.6 is 0 Å². The Bertz CT molecular complexity index is 981. The number of amides is 1. The number of fused-ring (bicyclic) bond motifs is 1. The molecule has 1 aliphatic rings. The summed E-state index contributed by atoms with van der Waals surface area (Å²) in [7, 11) is -1.59. The summed E-state index contributed by atoms with van der Waals surface area (Å²) in [5.41, 5.74) is -0.0758. The maximum atomic E-state index is 13.2. The number of carbonyl (C=O) groups excluding carboxylic acids is 1. The molecule has 1 atom stereocenters. The number of hydrogen-bond acceptors (Lipinski definition) is 5. The zero-order valence-electron chi connectivity index (χ0n) is 14.3. The molecule has 0 spiro atoms. The van der Waals surface area contributed by atoms with Crippen molar-refractivity contribution in [3.63, 3.8) is 0 Å². The molecule has 1 fully saturated rings. The predicted molar refractivity (Wildman–Crippen MR) is 95.4 cm³/mol. The lowest BCUT2D eigenvalue weighted by Gasteiger charge is -2.28. The van der Waals surface area contributed by atoms with Crippen molar-refractivity contribution in [2.75, 3.05) is 18.1 Å². The van der Waals surface area contributed by atoms with E-state index in [-0.39, 0.29) is 34.7 Å². The molecule has 0 N–H and O–H groups in total. The maximum absolute atomic E-state index is 13.2. The van der Waals surface area contributed by atoms with Crippen LogP contribution < -0.4 is 5.56 Å². The summed E-state index contributed by atoms with van der Waals surface area (Å²) >= 11 is 0. The van der Waals surface area contributed by atoms with Gasteiger partial charge in [0.1, 0.15) is 0 Å². The first-order valence-corrected chi connectivity index (χ1v) is 10.1. The van der Waals surface area contributed by atoms with Crippen LogP contribution in [0.4, 0.5) is 0 Å². The Morgan fingerprint density at radius 3 is 2.60 bits per heavy atom. The van der Waals surface area contributed by atoms with E-state index in [9.17, 15) is 18.0 Å². The largest absolute Gasteiger partial charge is 0.333 e. The van der Waals surface area contributed by atoms with Crippen LogP contribution in [0, 0.1) is 0 Å². The second-order valence-electron chi connectivity index (χ2n) is 6.38. The van der Waals surface area contributed by atoms with E-state index >= 15 is 0 Å². The molecular weight excluding hydrogens is 342 g/mol. The van der Waals surface area contributed by atoms with E-state index in [0.717, 1.165) is 4.68 Å². The number of sulfone groups is 1. The Hall–Kier alpha value is -2.22. The third kappa shape index (κ3) is 3.30. The van der Waals surface area contributed by atoms with Crippen LogP contribution in [-0.2, 0) is 16.9 Å². The molecule has 3 rings (SSSR count). The van der Waals surface area contributed by atoms with Crippen LogP contribution in [0.15, 0.2) is 29.1 Å². The molecule has 2 heterocycles. The first kappa shape index (κ1) is 17.6. The van der Waals surface area contributed by atoms with Gasteiger partial charge in [-0.15, -0.1) is 0 Å². The van der Waals surface area contributed by atoms with Gasteiger partial charge >= 0.3 is 0 Å². The minimum atomic E-state index is -3.10. The zero-order valence-corrected chi connectivity index (χ0v) is 15.1. The highest BCUT2D eigenvalue weighted by Gasteiger charge is 2.35. The molecule has 2 aromatic rings. The van der Waals surface area contributed by atoms with Crippen molar-refractivity contribution in [1.82, 2.24) is 14.7 Å². The van der Waals surface area contributed by atoms with Crippen molar-refractivity contribution >= 4 is 26.5 Å². The molecule has 1 amide bonds. The van der Waals surface area contributed by atoms with Crippen molar-refractivity contribution in [2.24, 2.45) is 7.05 Å². The Labute approximate surface area is 146 Å². The van der Waals surface area contributed by atoms with Crippen molar-refractivity contribution in [2.45, 2.75) is 25.8 Å². The summed E-state index contributed by atoms with van der Waals surface area (Å²) in [4.78, 5) is 27.0. The highest BCUT2D eigenvalue weighted by atomic mass is 32.2. The molecule has 0 saturated carbocycles. The van der Waals surface area contributed by atoms with Gasteiger partial charge in [0.15, 0.2) is 15.5 Å². The van der Waals surface area contributed by atoms with E-state index in [0.29, 0.717) is 30.2 Å². The van der Waals surface area contributed by atoms with Crippen LogP contribution in [0.1, 0.15) is 30.3 Å². The Morgan fingerprint density at radius 1 is 1.32 bits per heavy atom. The van der Waals surface area contributed by atoms with Gasteiger partial charge in [-0.05, 0) is 18.9 Å². The molecule has 134 valence electrons. The highest BCUT2D eigenvalue weighted by Crippen LogP contribution is 2.22. The van der Waals surface area contributed by atoms with E-state index in [1.165, 1.54) is 7.05 Å². The molecule has 1 saturated heterocycles. The van der Waals surface area contributed by atoms with Gasteiger partial charge in [-0.2, -0.15) is 5.10 Å². The number of nitrogens with zero attached hydrogens (tertiary/aromatic N) is 3. The van der Waals surface area contributed by atoms with E-state index in [4.69, 9.17) is 0 Å². The summed E-state index contributed by atoms with van der Waals surface area (Å²) in [6, 6.07) is 6.53. The monoisotopic (exact) mass is 363 g/mol. The highest BCUT2D eigenvalue weighted by molar-refractivity contribution is 7.91. The molecule has 1 aliphatic heterocycles. The molecule has 0 radical (unpaired) electrons. The van der Waals surface area contributed by atoms with E-state index < -0.39 is 9.84 Å². The number of aryl methyl sites for hydroxylation is 1. The third-order valence-electron chi connectivity index (χ3n) is 4.53. The van der Waals surface area contributed by atoms with Crippen molar-refractivity contribution in [3.05, 3.63) is 40.3 Å². The van der Waals surface area contributed by atoms with Gasteiger partial charge in [0.2, 0.25) is 0 Å². The molecular formula is C17H21N3O4S. The van der Waals surface area contributed by atoms with Gasteiger partial charge in [0.05, 0.1) is 16.9 Å². The summed E-state index contributed by atoms with van der Waals surface area (Å²) in [6.07, 6.45) is 1.16. The quantitative estimate of drug-likeness (QED) is 0.808. The van der Waals surface area contributed by atoms with Crippen LogP contribution in [0.3, 0.4) is 0 Å². The number of hydrogen-bond donors (Lipinski definition) is 0. The zero-order chi connectivity index (χ0) is 18.2. The molecule has 0 unspecified atom stereocenters. The molecule has 0 aliphatic carbocycles. The number of carbonyl (C=O) groups is 1. The predicted octanol–water partition coefficient (Wildman–Crippen LogP) is 0.973. The average Bonchev–Trinajstić information content (AvgIpc) is 2.95. The average molecular weight is 363 g/mol. The summed E-state index contributed by atoms with van der Waals surface area (Å²) in [5.74, 6) is -0.231. The molecule has 1 aromatic heterocycles. The normalized spacial score (nSPS) is 19.2. The Morgan fingerprint density at radius 2 is 2.00 bits per heavy atom. The topological polar surface area (TPSA) is 89.3 Å². The van der Waals surface area contributed by atoms with E-state index in [2.05, 4.69) is 5.10 Å². The van der Waals surface area contributed by atoms with Gasteiger partial charge < -0.3 is 4.90 Å². The number of rotatable bonds is 4. The minimum Gasteiger partial charge on any atom is -0.333 e. The number of benzene rings is 1. The van der Waals surface area contributed by atoms with E-state index in [1.54, 1.807) is 29.2 Å². The molecule has 8 heteroatoms. The lowest BCUT2D eigenvalue weighted by Crippen LogP contribution is -2.42. The molecule has 0 bridgehead atoms. The first-order valence-electron chi connectivity index (χ1n) is 8.31. The van der Waals surface area contributed by atoms with Crippen molar-refractivity contribution in [3.8, 4) is 0 Å². The minimum absolute atomic E-state index is 0.0115. The van der Waals surface area contributed by atoms with E-state index in [1.807, 2.05) is 6.92 Å². The summed E-state index contributed by atoms with van der Waals surface area (Å²) in [6.45, 7) is 2.40. The lowest BCUT2D eigenvalue weighted by molar-refractivity contribution is 0.0691. The van der Waals surface area contributed by atoms with Crippen molar-refractivity contribution in [1.29, 1.82) is 0 Å². The fourth-order valence-corrected chi connectivity index (χ4v) is 5.04. The SMILES string of the molecule is CCCN(C(=O)c1nn(C)c(=O)c2ccccc12)[C@@H]1CCS(=O)(=O)C1. The van der Waals surface area contributed by atoms with Crippen LogP contribution in [-0.4, -0.2) is 53.1 Å². The molecule has 25 heavy (non-hydrogen) atoms. The number of aromatic nitrogens is 2. The van der Waals surface area contributed by atoms with Gasteiger partial charge in [-0.3, -0.25) is 9.59 Å². The van der Waals surface area contributed by atoms with Gasteiger partial charge in [0.25, 0.3) is 11.5 Å². The van der Waals surface area contributed by atoms with Crippen molar-refractivity contribution < 1.29 is 13.2 Å². The van der Waals surface area contributed by atoms with Gasteiger partial charge in [0, 0.05) is 25.0 Å². The van der Waals surface area contributed by atoms with Crippen LogP contribution in [0.2, 0.25) is 0 Å². The smallest absolute Gasteiger partial charge is 0.275 e. The molecule has 1 aromatic carbocycles. The van der Waals surface area contributed by atoms with Gasteiger partial charge in [-0.1, -0.05) is 25.1 Å². The van der Waals surface area contributed by atoms with Crippen LogP contribution in [0.5, 0.6) is 0 Å². The second-order valence-corrected chi connectivity index (χ2v) is 8.61. The first-order chi connectivity index (χ1) is 11.8. The standard InChI is InChI=1S/C17H21N3O4S/c1-3-9-20(12-8-10-25(23,24)11-12)17(22)15-13-6-4-5-7-14(13)16(21)19(2)18-15/h4-7,12H,3,8-11H2,1-2H3/t12-/m1/s1. The third-order valence-corrected chi connectivity index (χ3v) is 6.28. The Balaban J connectivity index is 2.08. The van der Waals surface area contributed by atoms with Gasteiger partial charge in [-0.25, -0.2) is 13.1 Å². The summed E-state index contributed by atoms with van der Waals surface area (Å²) in [5, 5.41) is 5.10. The van der Waals surface area contributed by atoms with Crippen LogP contribution in [0.25, 0.3) is 10.8 Å². The summed E-state index contributed by atoms with van der Waals surface area (Å²) < 4.78 is 24.8. The second kappa shape index (κ2) is 6.59.